The van der Waals surface area contributed by atoms with Crippen LogP contribution in [0.15, 0.2) is 42.5 Å². The molecule has 2 aliphatic rings. The van der Waals surface area contributed by atoms with E-state index >= 15 is 0 Å². The third kappa shape index (κ3) is 5.13. The van der Waals surface area contributed by atoms with Crippen molar-refractivity contribution in [3.8, 4) is 0 Å². The number of nitrogens with one attached hydrogen (secondary N) is 1. The van der Waals surface area contributed by atoms with Crippen LogP contribution in [0.1, 0.15) is 68.0 Å². The summed E-state index contributed by atoms with van der Waals surface area (Å²) in [4.78, 5) is 8.76. The summed E-state index contributed by atoms with van der Waals surface area (Å²) in [6.45, 7) is 9.26. The molecule has 2 saturated heterocycles. The number of rotatable bonds is 3. The van der Waals surface area contributed by atoms with E-state index in [1.165, 1.54) is 73.3 Å². The van der Waals surface area contributed by atoms with Gasteiger partial charge in [0, 0.05) is 12.5 Å². The fourth-order valence-corrected chi connectivity index (χ4v) is 5.14. The maximum atomic E-state index is 8.14. The van der Waals surface area contributed by atoms with E-state index in [-0.39, 0.29) is 0 Å². The number of nitrogens with zero attached hydrogens (tertiary/aromatic N) is 2. The average molecular weight is 405 g/mol. The van der Waals surface area contributed by atoms with E-state index in [0.29, 0.717) is 6.42 Å². The molecule has 0 saturated carbocycles. The van der Waals surface area contributed by atoms with Crippen LogP contribution < -0.4 is 0 Å². The van der Waals surface area contributed by atoms with Gasteiger partial charge in [-0.2, -0.15) is 0 Å². The van der Waals surface area contributed by atoms with Crippen LogP contribution in [-0.2, 0) is 6.42 Å². The first-order chi connectivity index (χ1) is 15.0. The van der Waals surface area contributed by atoms with Crippen LogP contribution >= 0.6 is 0 Å². The second-order valence-corrected chi connectivity index (χ2v) is 9.20. The van der Waals surface area contributed by atoms with Crippen LogP contribution in [0.5, 0.6) is 0 Å². The van der Waals surface area contributed by atoms with Crippen LogP contribution in [0.25, 0.3) is 11.0 Å². The van der Waals surface area contributed by atoms with Gasteiger partial charge < -0.3 is 9.88 Å². The molecule has 2 unspecified atom stereocenters. The number of aromatic nitrogens is 2. The van der Waals surface area contributed by atoms with Gasteiger partial charge in [0.2, 0.25) is 0 Å². The highest BCUT2D eigenvalue weighted by Crippen LogP contribution is 2.32. The number of aromatic amines is 1. The molecule has 3 heteroatoms. The molecule has 2 atom stereocenters. The van der Waals surface area contributed by atoms with Crippen LogP contribution in [0.3, 0.4) is 0 Å². The van der Waals surface area contributed by atoms with Crippen molar-refractivity contribution < 1.29 is 1.41 Å². The zero-order valence-corrected chi connectivity index (χ0v) is 18.9. The van der Waals surface area contributed by atoms with E-state index in [4.69, 9.17) is 1.41 Å². The molecule has 2 aromatic carbocycles. The van der Waals surface area contributed by atoms with E-state index in [1.807, 2.05) is 25.1 Å². The lowest BCUT2D eigenvalue weighted by Crippen LogP contribution is -2.47. The van der Waals surface area contributed by atoms with Gasteiger partial charge in [-0.25, -0.2) is 4.98 Å². The molecule has 5 rings (SSSR count). The molecular weight excluding hydrogens is 366 g/mol. The van der Waals surface area contributed by atoms with Gasteiger partial charge in [0.05, 0.1) is 11.0 Å². The Morgan fingerprint density at radius 2 is 1.77 bits per heavy atom. The Morgan fingerprint density at radius 1 is 1.00 bits per heavy atom. The topological polar surface area (TPSA) is 31.9 Å². The molecular formula is C27H37N3. The molecule has 2 fully saturated rings. The van der Waals surface area contributed by atoms with Gasteiger partial charge in [0.25, 0.3) is 0 Å². The molecule has 0 radical (unpaired) electrons. The Hall–Kier alpha value is -2.13. The number of aryl methyl sites for hydroxylation is 2. The minimum atomic E-state index is 0.692. The molecule has 1 N–H and O–H groups in total. The number of imidazole rings is 1. The minimum absolute atomic E-state index is 0.692. The normalized spacial score (nSPS) is 22.2. The van der Waals surface area contributed by atoms with Gasteiger partial charge in [0.15, 0.2) is 1.41 Å². The first-order valence-corrected chi connectivity index (χ1v) is 11.8. The molecule has 0 aliphatic carbocycles. The molecule has 1 aromatic heterocycles. The third-order valence-corrected chi connectivity index (χ3v) is 6.87. The minimum Gasteiger partial charge on any atom is -0.342 e. The summed E-state index contributed by atoms with van der Waals surface area (Å²) < 4.78 is 8.14. The number of fused-ring (bicyclic) bond motifs is 2. The van der Waals surface area contributed by atoms with Gasteiger partial charge in [-0.3, -0.25) is 0 Å². The lowest BCUT2D eigenvalue weighted by molar-refractivity contribution is 0.0580. The van der Waals surface area contributed by atoms with Crippen molar-refractivity contribution in [3.63, 3.8) is 0 Å². The second kappa shape index (κ2) is 9.78. The van der Waals surface area contributed by atoms with Crippen LogP contribution in [0.4, 0.5) is 0 Å². The Morgan fingerprint density at radius 3 is 2.57 bits per heavy atom. The Balaban J connectivity index is 0.000000166. The average Bonchev–Trinajstić information content (AvgIpc) is 3.09. The highest BCUT2D eigenvalue weighted by Gasteiger charge is 2.31. The number of hydrogen-bond donors (Lipinski definition) is 1. The first-order valence-electron chi connectivity index (χ1n) is 12.3. The van der Waals surface area contributed by atoms with E-state index in [0.717, 1.165) is 28.8 Å². The summed E-state index contributed by atoms with van der Waals surface area (Å²) in [5.41, 5.74) is 5.38. The van der Waals surface area contributed by atoms with E-state index in [2.05, 4.69) is 48.0 Å². The fraction of sp³-hybridized carbons (Fsp3) is 0.519. The van der Waals surface area contributed by atoms with Gasteiger partial charge in [0.1, 0.15) is 5.82 Å². The van der Waals surface area contributed by atoms with Crippen molar-refractivity contribution >= 4 is 11.0 Å². The Labute approximate surface area is 183 Å². The Kier molecular flexibility index (Phi) is 6.46. The van der Waals surface area contributed by atoms with E-state index in [1.54, 1.807) is 0 Å². The van der Waals surface area contributed by atoms with Gasteiger partial charge in [-0.1, -0.05) is 55.7 Å². The number of H-pyrrole nitrogens is 1. The van der Waals surface area contributed by atoms with Gasteiger partial charge >= 0.3 is 0 Å². The zero-order chi connectivity index (χ0) is 21.8. The lowest BCUT2D eigenvalue weighted by Gasteiger charge is -2.44. The molecule has 0 amide bonds. The Bertz CT molecular complexity index is 983. The van der Waals surface area contributed by atoms with Crippen molar-refractivity contribution in [2.24, 2.45) is 5.92 Å². The quantitative estimate of drug-likeness (QED) is 0.545. The smallest absolute Gasteiger partial charge is 0.168 e. The molecule has 0 spiro atoms. The molecule has 0 bridgehead atoms. The summed E-state index contributed by atoms with van der Waals surface area (Å²) in [7, 11) is 0. The number of piperidine rings is 2. The van der Waals surface area contributed by atoms with Crippen molar-refractivity contribution in [2.75, 3.05) is 13.1 Å². The van der Waals surface area contributed by atoms with Crippen LogP contribution in [0.2, 0.25) is 1.41 Å². The van der Waals surface area contributed by atoms with E-state index in [9.17, 15) is 0 Å². The lowest BCUT2D eigenvalue weighted by atomic mass is 9.82. The maximum absolute atomic E-state index is 8.14. The molecule has 3 nitrogen and oxygen atoms in total. The summed E-state index contributed by atoms with van der Waals surface area (Å²) in [5.74, 6) is 1.81. The summed E-state index contributed by atoms with van der Waals surface area (Å²) >= 11 is 0. The third-order valence-electron chi connectivity index (χ3n) is 6.87. The van der Waals surface area contributed by atoms with E-state index < -0.39 is 0 Å². The SMILES string of the molecule is CCC1CCCN2CCCCC12.[2H]n1c(Cc2ccc(C)cc2)nc2cc(C)ccc21. The molecule has 30 heavy (non-hydrogen) atoms. The van der Waals surface area contributed by atoms with Crippen molar-refractivity contribution in [3.05, 3.63) is 65.0 Å². The largest absolute Gasteiger partial charge is 0.342 e. The predicted octanol–water partition coefficient (Wildman–Crippen LogP) is 6.43. The van der Waals surface area contributed by atoms with Crippen LogP contribution in [0, 0.1) is 19.8 Å². The maximum Gasteiger partial charge on any atom is 0.168 e. The number of benzene rings is 2. The fourth-order valence-electron chi connectivity index (χ4n) is 5.14. The molecule has 3 aromatic rings. The van der Waals surface area contributed by atoms with Crippen molar-refractivity contribution in [1.82, 2.24) is 14.9 Å². The van der Waals surface area contributed by atoms with Gasteiger partial charge in [-0.05, 0) is 81.8 Å². The zero-order valence-electron chi connectivity index (χ0n) is 19.9. The molecule has 3 heterocycles. The summed E-state index contributed by atoms with van der Waals surface area (Å²) in [6.07, 6.45) is 9.47. The summed E-state index contributed by atoms with van der Waals surface area (Å²) in [5, 5.41) is 0. The van der Waals surface area contributed by atoms with Gasteiger partial charge in [-0.15, -0.1) is 0 Å². The highest BCUT2D eigenvalue weighted by atomic mass is 15.2. The van der Waals surface area contributed by atoms with Crippen molar-refractivity contribution in [1.29, 1.82) is 0 Å². The van der Waals surface area contributed by atoms with Crippen LogP contribution in [-0.4, -0.2) is 34.0 Å². The molecule has 160 valence electrons. The highest BCUT2D eigenvalue weighted by molar-refractivity contribution is 5.75. The second-order valence-electron chi connectivity index (χ2n) is 9.20. The predicted molar refractivity (Wildman–Crippen MR) is 127 cm³/mol. The first kappa shape index (κ1) is 19.8. The standard InChI is InChI=1S/C16H16N2.C11H21N/c1-11-3-6-13(7-4-11)10-16-17-14-8-5-12(2)9-15(14)18-16;1-2-10-6-5-9-12-8-4-3-7-11(10)12/h3-9H,10H2,1-2H3,(H,17,18);10-11H,2-9H2,1H3/i/hD. The monoisotopic (exact) mass is 404 g/mol. The number of hydrogen-bond acceptors (Lipinski definition) is 2. The summed E-state index contributed by atoms with van der Waals surface area (Å²) in [6, 6.07) is 15.4. The van der Waals surface area contributed by atoms with Crippen molar-refractivity contribution in [2.45, 2.75) is 71.8 Å². The molecule has 2 aliphatic heterocycles.